The Morgan fingerprint density at radius 3 is 2.50 bits per heavy atom. The number of benzene rings is 3. The molecule has 0 radical (unpaired) electrons. The highest BCUT2D eigenvalue weighted by Crippen LogP contribution is 2.33. The maximum atomic E-state index is 12.8. The lowest BCUT2D eigenvalue weighted by atomic mass is 10.1. The highest BCUT2D eigenvalue weighted by atomic mass is 35.5. The first kappa shape index (κ1) is 25.4. The van der Waals surface area contributed by atoms with Gasteiger partial charge in [-0.15, -0.1) is 0 Å². The van der Waals surface area contributed by atoms with Crippen molar-refractivity contribution in [2.45, 2.75) is 6.61 Å². The maximum absolute atomic E-state index is 12.8. The smallest absolute Gasteiger partial charge is 0.293 e. The molecule has 3 aromatic rings. The number of amides is 2. The zero-order valence-electron chi connectivity index (χ0n) is 18.4. The number of nitrogens with zero attached hydrogens (tertiary/aromatic N) is 2. The maximum Gasteiger partial charge on any atom is 0.293 e. The molecule has 0 atom stereocenters. The summed E-state index contributed by atoms with van der Waals surface area (Å²) in [6, 6.07) is 17.0. The molecular formula is C25H16Cl2N2O6S. The first-order valence-electron chi connectivity index (χ1n) is 10.4. The average molecular weight is 543 g/mol. The number of rotatable bonds is 8. The summed E-state index contributed by atoms with van der Waals surface area (Å²) in [7, 11) is 0. The minimum atomic E-state index is -0.598. The lowest BCUT2D eigenvalue weighted by Gasteiger charge is -2.11. The first-order valence-corrected chi connectivity index (χ1v) is 12.0. The van der Waals surface area contributed by atoms with Crippen LogP contribution in [-0.4, -0.2) is 33.3 Å². The molecule has 36 heavy (non-hydrogen) atoms. The third-order valence-corrected chi connectivity index (χ3v) is 6.64. The number of ether oxygens (including phenoxy) is 1. The molecule has 1 aliphatic rings. The zero-order valence-corrected chi connectivity index (χ0v) is 20.7. The van der Waals surface area contributed by atoms with Crippen LogP contribution in [0.2, 0.25) is 10.0 Å². The monoisotopic (exact) mass is 542 g/mol. The van der Waals surface area contributed by atoms with Crippen molar-refractivity contribution < 1.29 is 24.0 Å². The van der Waals surface area contributed by atoms with Gasteiger partial charge in [0, 0.05) is 33.3 Å². The second-order valence-electron chi connectivity index (χ2n) is 7.59. The second kappa shape index (κ2) is 10.9. The van der Waals surface area contributed by atoms with Crippen molar-refractivity contribution in [3.8, 4) is 5.75 Å². The summed E-state index contributed by atoms with van der Waals surface area (Å²) >= 11 is 12.8. The Morgan fingerprint density at radius 2 is 1.81 bits per heavy atom. The van der Waals surface area contributed by atoms with E-state index in [1.807, 2.05) is 0 Å². The predicted octanol–water partition coefficient (Wildman–Crippen LogP) is 6.40. The van der Waals surface area contributed by atoms with Gasteiger partial charge >= 0.3 is 0 Å². The van der Waals surface area contributed by atoms with Gasteiger partial charge in [0.25, 0.3) is 16.8 Å². The van der Waals surface area contributed by atoms with E-state index in [4.69, 9.17) is 27.9 Å². The molecule has 1 heterocycles. The molecule has 0 aromatic heterocycles. The Morgan fingerprint density at radius 1 is 1.06 bits per heavy atom. The molecule has 182 valence electrons. The molecule has 0 unspecified atom stereocenters. The number of halogens is 2. The zero-order chi connectivity index (χ0) is 25.8. The SMILES string of the molecule is O=C(CN1C(=O)S/C(=C/c2cccc(OCc3ccc(Cl)cc3Cl)c2)C1=O)c1ccc([N+](=O)[O-])cc1. The highest BCUT2D eigenvalue weighted by molar-refractivity contribution is 8.18. The van der Waals surface area contributed by atoms with Crippen LogP contribution in [0, 0.1) is 10.1 Å². The summed E-state index contributed by atoms with van der Waals surface area (Å²) < 4.78 is 5.80. The molecule has 1 fully saturated rings. The number of nitro benzene ring substituents is 1. The third kappa shape index (κ3) is 5.93. The fraction of sp³-hybridized carbons (Fsp3) is 0.0800. The lowest BCUT2D eigenvalue weighted by Crippen LogP contribution is -2.33. The number of thioether (sulfide) groups is 1. The van der Waals surface area contributed by atoms with Crippen LogP contribution in [0.15, 0.2) is 71.6 Å². The molecule has 0 aliphatic carbocycles. The van der Waals surface area contributed by atoms with Crippen LogP contribution in [0.1, 0.15) is 21.5 Å². The molecule has 2 amide bonds. The Hall–Kier alpha value is -3.66. The van der Waals surface area contributed by atoms with E-state index < -0.39 is 28.4 Å². The molecule has 8 nitrogen and oxygen atoms in total. The van der Waals surface area contributed by atoms with Gasteiger partial charge in [-0.05, 0) is 59.8 Å². The molecule has 0 bridgehead atoms. The quantitative estimate of drug-likeness (QED) is 0.140. The van der Waals surface area contributed by atoms with Gasteiger partial charge in [-0.25, -0.2) is 0 Å². The van der Waals surface area contributed by atoms with E-state index in [2.05, 4.69) is 0 Å². The molecule has 0 saturated carbocycles. The van der Waals surface area contributed by atoms with E-state index in [1.165, 1.54) is 24.3 Å². The number of nitro groups is 1. The van der Waals surface area contributed by atoms with Crippen LogP contribution < -0.4 is 4.74 Å². The molecular weight excluding hydrogens is 527 g/mol. The Labute approximate surface area is 219 Å². The van der Waals surface area contributed by atoms with Crippen molar-refractivity contribution >= 4 is 63.7 Å². The average Bonchev–Trinajstić information content (AvgIpc) is 3.11. The molecule has 0 N–H and O–H groups in total. The number of hydrogen-bond acceptors (Lipinski definition) is 7. The summed E-state index contributed by atoms with van der Waals surface area (Å²) in [6.45, 7) is -0.258. The van der Waals surface area contributed by atoms with Gasteiger partial charge in [0.15, 0.2) is 5.78 Å². The Kier molecular flexibility index (Phi) is 7.73. The van der Waals surface area contributed by atoms with E-state index in [0.717, 1.165) is 22.2 Å². The Bertz CT molecular complexity index is 1410. The normalized spacial score (nSPS) is 14.4. The fourth-order valence-corrected chi connectivity index (χ4v) is 4.59. The van der Waals surface area contributed by atoms with Crippen LogP contribution in [0.4, 0.5) is 10.5 Å². The molecule has 1 aliphatic heterocycles. The minimum absolute atomic E-state index is 0.161. The van der Waals surface area contributed by atoms with Gasteiger partial charge < -0.3 is 4.74 Å². The molecule has 0 spiro atoms. The fourth-order valence-electron chi connectivity index (χ4n) is 3.29. The lowest BCUT2D eigenvalue weighted by molar-refractivity contribution is -0.384. The number of Topliss-reactive ketones (excluding diaryl/α,β-unsaturated/α-hetero) is 1. The van der Waals surface area contributed by atoms with Crippen LogP contribution in [0.3, 0.4) is 0 Å². The number of ketones is 1. The van der Waals surface area contributed by atoms with Crippen LogP contribution in [0.5, 0.6) is 5.75 Å². The van der Waals surface area contributed by atoms with E-state index in [-0.39, 0.29) is 22.8 Å². The van der Waals surface area contributed by atoms with E-state index in [9.17, 15) is 24.5 Å². The van der Waals surface area contributed by atoms with Gasteiger partial charge in [-0.2, -0.15) is 0 Å². The van der Waals surface area contributed by atoms with Gasteiger partial charge in [-0.3, -0.25) is 29.4 Å². The van der Waals surface area contributed by atoms with Crippen LogP contribution >= 0.6 is 35.0 Å². The van der Waals surface area contributed by atoms with Crippen LogP contribution in [0.25, 0.3) is 6.08 Å². The molecule has 11 heteroatoms. The number of non-ortho nitro benzene ring substituents is 1. The number of carbonyl (C=O) groups excluding carboxylic acids is 3. The molecule has 3 aromatic carbocycles. The van der Waals surface area contributed by atoms with Gasteiger partial charge in [0.05, 0.1) is 16.4 Å². The van der Waals surface area contributed by atoms with Crippen molar-refractivity contribution in [2.24, 2.45) is 0 Å². The first-order chi connectivity index (χ1) is 17.2. The summed E-state index contributed by atoms with van der Waals surface area (Å²) in [5.41, 5.74) is 1.38. The summed E-state index contributed by atoms with van der Waals surface area (Å²) in [6.07, 6.45) is 1.55. The van der Waals surface area contributed by atoms with Crippen molar-refractivity contribution in [3.05, 3.63) is 108 Å². The largest absolute Gasteiger partial charge is 0.489 e. The minimum Gasteiger partial charge on any atom is -0.489 e. The summed E-state index contributed by atoms with van der Waals surface area (Å²) in [5, 5.41) is 11.2. The highest BCUT2D eigenvalue weighted by Gasteiger charge is 2.36. The molecule has 1 saturated heterocycles. The predicted molar refractivity (Wildman–Crippen MR) is 137 cm³/mol. The van der Waals surface area contributed by atoms with E-state index in [1.54, 1.807) is 48.5 Å². The van der Waals surface area contributed by atoms with E-state index >= 15 is 0 Å². The summed E-state index contributed by atoms with van der Waals surface area (Å²) in [5.74, 6) is -0.577. The third-order valence-electron chi connectivity index (χ3n) is 5.14. The van der Waals surface area contributed by atoms with Gasteiger partial charge in [-0.1, -0.05) is 41.4 Å². The second-order valence-corrected chi connectivity index (χ2v) is 9.43. The van der Waals surface area contributed by atoms with Crippen molar-refractivity contribution in [1.82, 2.24) is 4.90 Å². The molecule has 4 rings (SSSR count). The number of carbonyl (C=O) groups is 3. The van der Waals surface area contributed by atoms with Gasteiger partial charge in [0.1, 0.15) is 12.4 Å². The van der Waals surface area contributed by atoms with Crippen molar-refractivity contribution in [1.29, 1.82) is 0 Å². The van der Waals surface area contributed by atoms with Gasteiger partial charge in [0.2, 0.25) is 0 Å². The van der Waals surface area contributed by atoms with E-state index in [0.29, 0.717) is 21.4 Å². The standard InChI is InChI=1S/C25H16Cl2N2O6S/c26-18-7-4-17(21(27)12-18)14-35-20-3-1-2-15(10-20)11-23-24(31)28(25(32)36-23)13-22(30)16-5-8-19(9-6-16)29(33)34/h1-12H,13-14H2/b23-11+. The number of hydrogen-bond donors (Lipinski definition) is 0. The van der Waals surface area contributed by atoms with Crippen molar-refractivity contribution in [3.63, 3.8) is 0 Å². The van der Waals surface area contributed by atoms with Crippen LogP contribution in [-0.2, 0) is 11.4 Å². The number of imide groups is 1. The summed E-state index contributed by atoms with van der Waals surface area (Å²) in [4.78, 5) is 49.0. The Balaban J connectivity index is 1.43. The van der Waals surface area contributed by atoms with Crippen molar-refractivity contribution in [2.75, 3.05) is 6.54 Å². The topological polar surface area (TPSA) is 107 Å².